The van der Waals surface area contributed by atoms with Crippen molar-refractivity contribution >= 4 is 0 Å². The largest absolute Gasteiger partial charge is 0.447 e. The first-order valence-corrected chi connectivity index (χ1v) is 5.47. The van der Waals surface area contributed by atoms with Gasteiger partial charge in [0, 0.05) is 6.04 Å². The molecule has 0 saturated heterocycles. The van der Waals surface area contributed by atoms with E-state index in [0.717, 1.165) is 18.2 Å². The summed E-state index contributed by atoms with van der Waals surface area (Å²) < 4.78 is 5.17. The molecule has 1 N–H and O–H groups in total. The van der Waals surface area contributed by atoms with Crippen molar-refractivity contribution in [2.75, 3.05) is 0 Å². The first kappa shape index (κ1) is 9.71. The summed E-state index contributed by atoms with van der Waals surface area (Å²) in [7, 11) is 0. The van der Waals surface area contributed by atoms with Gasteiger partial charge < -0.3 is 9.73 Å². The van der Waals surface area contributed by atoms with Crippen LogP contribution in [0.4, 0.5) is 0 Å². The molecule has 0 spiro atoms. The molecule has 2 rings (SSSR count). The Bertz CT molecular complexity index is 252. The van der Waals surface area contributed by atoms with Crippen LogP contribution in [0.15, 0.2) is 17.0 Å². The fourth-order valence-electron chi connectivity index (χ4n) is 2.22. The second-order valence-electron chi connectivity index (χ2n) is 4.18. The molecule has 1 fully saturated rings. The van der Waals surface area contributed by atoms with Crippen molar-refractivity contribution in [3.63, 3.8) is 0 Å². The molecule has 1 saturated carbocycles. The third-order valence-corrected chi connectivity index (χ3v) is 3.19. The van der Waals surface area contributed by atoms with Crippen LogP contribution >= 0.6 is 0 Å². The van der Waals surface area contributed by atoms with Gasteiger partial charge in [-0.25, -0.2) is 4.98 Å². The van der Waals surface area contributed by atoms with Crippen LogP contribution in [0, 0.1) is 5.92 Å². The monoisotopic (exact) mass is 194 g/mol. The van der Waals surface area contributed by atoms with E-state index < -0.39 is 0 Å². The summed E-state index contributed by atoms with van der Waals surface area (Å²) in [4.78, 5) is 3.89. The topological polar surface area (TPSA) is 38.1 Å². The Balaban J connectivity index is 1.74. The molecule has 3 heteroatoms. The van der Waals surface area contributed by atoms with E-state index in [1.54, 1.807) is 6.20 Å². The number of hydrogen-bond acceptors (Lipinski definition) is 3. The summed E-state index contributed by atoms with van der Waals surface area (Å²) in [6.45, 7) is 3.07. The zero-order chi connectivity index (χ0) is 9.80. The molecule has 1 aromatic rings. The van der Waals surface area contributed by atoms with Gasteiger partial charge in [-0.3, -0.25) is 0 Å². The predicted molar refractivity (Wildman–Crippen MR) is 54.8 cm³/mol. The average Bonchev–Trinajstić information content (AvgIpc) is 2.87. The van der Waals surface area contributed by atoms with Gasteiger partial charge in [-0.1, -0.05) is 12.8 Å². The molecule has 14 heavy (non-hydrogen) atoms. The van der Waals surface area contributed by atoms with Crippen LogP contribution in [-0.4, -0.2) is 11.0 Å². The molecule has 1 atom stereocenters. The second-order valence-corrected chi connectivity index (χ2v) is 4.18. The molecule has 3 nitrogen and oxygen atoms in total. The molecule has 0 radical (unpaired) electrons. The fraction of sp³-hybridized carbons (Fsp3) is 0.727. The molecule has 0 bridgehead atoms. The van der Waals surface area contributed by atoms with Crippen molar-refractivity contribution in [3.8, 4) is 0 Å². The Morgan fingerprint density at radius 2 is 2.36 bits per heavy atom. The maximum Gasteiger partial charge on any atom is 0.180 e. The van der Waals surface area contributed by atoms with Crippen molar-refractivity contribution in [3.05, 3.63) is 18.4 Å². The lowest BCUT2D eigenvalue weighted by Gasteiger charge is -2.19. The van der Waals surface area contributed by atoms with E-state index in [4.69, 9.17) is 4.42 Å². The Kier molecular flexibility index (Phi) is 3.19. The van der Waals surface area contributed by atoms with E-state index in [1.165, 1.54) is 32.1 Å². The molecular weight excluding hydrogens is 176 g/mol. The van der Waals surface area contributed by atoms with Gasteiger partial charge in [0.1, 0.15) is 5.76 Å². The predicted octanol–water partition coefficient (Wildman–Crippen LogP) is 2.34. The lowest BCUT2D eigenvalue weighted by molar-refractivity contribution is 0.362. The Labute approximate surface area is 84.9 Å². The highest BCUT2D eigenvalue weighted by molar-refractivity contribution is 4.88. The summed E-state index contributed by atoms with van der Waals surface area (Å²) in [5.74, 6) is 1.78. The van der Waals surface area contributed by atoms with Gasteiger partial charge in [-0.15, -0.1) is 0 Å². The van der Waals surface area contributed by atoms with E-state index in [0.29, 0.717) is 6.04 Å². The Morgan fingerprint density at radius 1 is 1.57 bits per heavy atom. The zero-order valence-corrected chi connectivity index (χ0v) is 8.70. The molecule has 1 heterocycles. The van der Waals surface area contributed by atoms with E-state index in [9.17, 15) is 0 Å². The van der Waals surface area contributed by atoms with Gasteiger partial charge >= 0.3 is 0 Å². The zero-order valence-electron chi connectivity index (χ0n) is 8.70. The van der Waals surface area contributed by atoms with Crippen LogP contribution in [0.2, 0.25) is 0 Å². The fourth-order valence-corrected chi connectivity index (χ4v) is 2.22. The highest BCUT2D eigenvalue weighted by atomic mass is 16.3. The van der Waals surface area contributed by atoms with Gasteiger partial charge in [-0.05, 0) is 25.7 Å². The van der Waals surface area contributed by atoms with Gasteiger partial charge in [0.05, 0.1) is 12.7 Å². The smallest absolute Gasteiger partial charge is 0.180 e. The van der Waals surface area contributed by atoms with Crippen molar-refractivity contribution < 1.29 is 4.42 Å². The van der Waals surface area contributed by atoms with Crippen molar-refractivity contribution in [1.82, 2.24) is 10.3 Å². The van der Waals surface area contributed by atoms with Crippen LogP contribution in [0.25, 0.3) is 0 Å². The van der Waals surface area contributed by atoms with Gasteiger partial charge in [0.15, 0.2) is 6.39 Å². The third-order valence-electron chi connectivity index (χ3n) is 3.19. The number of nitrogens with one attached hydrogen (secondary N) is 1. The minimum Gasteiger partial charge on any atom is -0.447 e. The molecule has 1 aliphatic rings. The van der Waals surface area contributed by atoms with E-state index in [-0.39, 0.29) is 0 Å². The van der Waals surface area contributed by atoms with E-state index in [1.807, 2.05) is 0 Å². The molecule has 0 aliphatic heterocycles. The van der Waals surface area contributed by atoms with E-state index >= 15 is 0 Å². The quantitative estimate of drug-likeness (QED) is 0.799. The van der Waals surface area contributed by atoms with Crippen molar-refractivity contribution in [2.45, 2.75) is 45.2 Å². The van der Waals surface area contributed by atoms with Gasteiger partial charge in [0.25, 0.3) is 0 Å². The summed E-state index contributed by atoms with van der Waals surface area (Å²) in [5.41, 5.74) is 0. The van der Waals surface area contributed by atoms with Crippen LogP contribution in [0.5, 0.6) is 0 Å². The number of rotatable bonds is 4. The molecule has 1 aromatic heterocycles. The summed E-state index contributed by atoms with van der Waals surface area (Å²) in [5, 5.41) is 3.49. The second kappa shape index (κ2) is 4.60. The van der Waals surface area contributed by atoms with Gasteiger partial charge in [-0.2, -0.15) is 0 Å². The van der Waals surface area contributed by atoms with Crippen LogP contribution < -0.4 is 5.32 Å². The molecular formula is C11H18N2O. The van der Waals surface area contributed by atoms with E-state index in [2.05, 4.69) is 17.2 Å². The molecule has 78 valence electrons. The summed E-state index contributed by atoms with van der Waals surface area (Å²) in [6.07, 6.45) is 8.82. The molecule has 0 amide bonds. The van der Waals surface area contributed by atoms with Crippen LogP contribution in [-0.2, 0) is 6.54 Å². The molecule has 0 aromatic carbocycles. The summed E-state index contributed by atoms with van der Waals surface area (Å²) in [6, 6.07) is 0.600. The lowest BCUT2D eigenvalue weighted by atomic mass is 10.00. The Hall–Kier alpha value is -0.830. The average molecular weight is 194 g/mol. The lowest BCUT2D eigenvalue weighted by Crippen LogP contribution is -2.31. The Morgan fingerprint density at radius 3 is 3.00 bits per heavy atom. The highest BCUT2D eigenvalue weighted by Crippen LogP contribution is 2.27. The first-order chi connectivity index (χ1) is 6.86. The molecule has 1 aliphatic carbocycles. The maximum absolute atomic E-state index is 5.17. The third kappa shape index (κ3) is 2.35. The minimum atomic E-state index is 0.600. The SMILES string of the molecule is C[C@H](NCc1cnco1)C1CCCC1. The minimum absolute atomic E-state index is 0.600. The van der Waals surface area contributed by atoms with Crippen molar-refractivity contribution in [2.24, 2.45) is 5.92 Å². The maximum atomic E-state index is 5.17. The number of hydrogen-bond donors (Lipinski definition) is 1. The van der Waals surface area contributed by atoms with Crippen LogP contribution in [0.3, 0.4) is 0 Å². The number of aromatic nitrogens is 1. The first-order valence-electron chi connectivity index (χ1n) is 5.47. The number of nitrogens with zero attached hydrogens (tertiary/aromatic N) is 1. The van der Waals surface area contributed by atoms with Crippen LogP contribution in [0.1, 0.15) is 38.4 Å². The standard InChI is InChI=1S/C11H18N2O/c1-9(10-4-2-3-5-10)13-7-11-6-12-8-14-11/h6,8-10,13H,2-5,7H2,1H3/t9-/m0/s1. The van der Waals surface area contributed by atoms with Crippen molar-refractivity contribution in [1.29, 1.82) is 0 Å². The molecule has 0 unspecified atom stereocenters. The highest BCUT2D eigenvalue weighted by Gasteiger charge is 2.20. The summed E-state index contributed by atoms with van der Waals surface area (Å²) >= 11 is 0. The number of oxazole rings is 1. The van der Waals surface area contributed by atoms with Gasteiger partial charge in [0.2, 0.25) is 0 Å². The normalized spacial score (nSPS) is 20.1.